The molecule has 3 N–H and O–H groups in total. The van der Waals surface area contributed by atoms with Crippen LogP contribution in [0.2, 0.25) is 0 Å². The van der Waals surface area contributed by atoms with Crippen LogP contribution in [-0.2, 0) is 0 Å². The Morgan fingerprint density at radius 3 is 2.74 bits per heavy atom. The predicted molar refractivity (Wildman–Crippen MR) is 77.4 cm³/mol. The maximum absolute atomic E-state index is 6.22. The van der Waals surface area contributed by atoms with Gasteiger partial charge in [-0.2, -0.15) is 0 Å². The number of imidazole rings is 1. The van der Waals surface area contributed by atoms with E-state index in [1.165, 1.54) is 12.8 Å². The maximum atomic E-state index is 6.22. The van der Waals surface area contributed by atoms with E-state index in [2.05, 4.69) is 15.0 Å². The van der Waals surface area contributed by atoms with E-state index in [0.717, 1.165) is 35.6 Å². The van der Waals surface area contributed by atoms with Crippen molar-refractivity contribution in [3.63, 3.8) is 0 Å². The van der Waals surface area contributed by atoms with Crippen LogP contribution >= 0.6 is 0 Å². The van der Waals surface area contributed by atoms with E-state index in [1.807, 2.05) is 31.1 Å². The maximum Gasteiger partial charge on any atom is 0.179 e. The molecule has 5 heteroatoms. The molecule has 2 aromatic rings. The molecule has 2 atom stereocenters. The molecule has 0 aliphatic heterocycles. The van der Waals surface area contributed by atoms with Crippen molar-refractivity contribution in [1.82, 2.24) is 15.0 Å². The van der Waals surface area contributed by atoms with Crippen LogP contribution in [0.15, 0.2) is 12.1 Å². The molecule has 2 aromatic heterocycles. The van der Waals surface area contributed by atoms with Gasteiger partial charge in [0, 0.05) is 26.1 Å². The zero-order valence-electron chi connectivity index (χ0n) is 11.6. The molecule has 0 bridgehead atoms. The van der Waals surface area contributed by atoms with Crippen molar-refractivity contribution in [3.8, 4) is 0 Å². The van der Waals surface area contributed by atoms with E-state index in [4.69, 9.17) is 5.73 Å². The number of hydrogen-bond donors (Lipinski definition) is 2. The third-order valence-electron chi connectivity index (χ3n) is 3.98. The third kappa shape index (κ3) is 2.30. The van der Waals surface area contributed by atoms with Crippen LogP contribution in [0, 0.1) is 0 Å². The van der Waals surface area contributed by atoms with Crippen molar-refractivity contribution >= 4 is 17.0 Å². The molecular formula is C14H21N5. The SMILES string of the molecule is CN(C)c1ccc2[nH]c(C3CCCCC3N)nc2n1. The number of rotatable bonds is 2. The molecule has 1 aliphatic carbocycles. The molecule has 0 amide bonds. The Labute approximate surface area is 113 Å². The zero-order chi connectivity index (χ0) is 13.4. The Morgan fingerprint density at radius 2 is 2.00 bits per heavy atom. The molecule has 2 unspecified atom stereocenters. The summed E-state index contributed by atoms with van der Waals surface area (Å²) in [5.74, 6) is 2.29. The highest BCUT2D eigenvalue weighted by atomic mass is 15.2. The van der Waals surface area contributed by atoms with Gasteiger partial charge in [0.2, 0.25) is 0 Å². The lowest BCUT2D eigenvalue weighted by molar-refractivity contribution is 0.375. The molecule has 1 saturated carbocycles. The van der Waals surface area contributed by atoms with Gasteiger partial charge in [-0.15, -0.1) is 0 Å². The molecule has 0 radical (unpaired) electrons. The van der Waals surface area contributed by atoms with Crippen LogP contribution in [0.1, 0.15) is 37.4 Å². The minimum atomic E-state index is 0.225. The highest BCUT2D eigenvalue weighted by Gasteiger charge is 2.26. The molecule has 102 valence electrons. The van der Waals surface area contributed by atoms with E-state index in [0.29, 0.717) is 5.92 Å². The first kappa shape index (κ1) is 12.4. The van der Waals surface area contributed by atoms with Gasteiger partial charge >= 0.3 is 0 Å². The smallest absolute Gasteiger partial charge is 0.179 e. The summed E-state index contributed by atoms with van der Waals surface area (Å²) in [6, 6.07) is 4.27. The molecular weight excluding hydrogens is 238 g/mol. The summed E-state index contributed by atoms with van der Waals surface area (Å²) in [5.41, 5.74) is 8.01. The van der Waals surface area contributed by atoms with Gasteiger partial charge in [-0.3, -0.25) is 0 Å². The zero-order valence-corrected chi connectivity index (χ0v) is 11.6. The molecule has 0 aromatic carbocycles. The van der Waals surface area contributed by atoms with Gasteiger partial charge < -0.3 is 15.6 Å². The Balaban J connectivity index is 1.96. The van der Waals surface area contributed by atoms with E-state index in [1.54, 1.807) is 0 Å². The van der Waals surface area contributed by atoms with Crippen molar-refractivity contribution in [2.75, 3.05) is 19.0 Å². The lowest BCUT2D eigenvalue weighted by atomic mass is 9.84. The average molecular weight is 259 g/mol. The first-order valence-corrected chi connectivity index (χ1v) is 6.94. The van der Waals surface area contributed by atoms with E-state index in [9.17, 15) is 0 Å². The third-order valence-corrected chi connectivity index (χ3v) is 3.98. The van der Waals surface area contributed by atoms with Crippen LogP contribution in [0.3, 0.4) is 0 Å². The summed E-state index contributed by atoms with van der Waals surface area (Å²) in [6.07, 6.45) is 4.70. The summed E-state index contributed by atoms with van der Waals surface area (Å²) >= 11 is 0. The predicted octanol–water partition coefficient (Wildman–Crippen LogP) is 2.01. The molecule has 0 spiro atoms. The number of nitrogens with zero attached hydrogens (tertiary/aromatic N) is 3. The molecule has 3 rings (SSSR count). The number of nitrogens with one attached hydrogen (secondary N) is 1. The van der Waals surface area contributed by atoms with Crippen LogP contribution < -0.4 is 10.6 Å². The second-order valence-electron chi connectivity index (χ2n) is 5.61. The van der Waals surface area contributed by atoms with Crippen molar-refractivity contribution < 1.29 is 0 Å². The van der Waals surface area contributed by atoms with E-state index in [-0.39, 0.29) is 6.04 Å². The molecule has 1 aliphatic rings. The summed E-state index contributed by atoms with van der Waals surface area (Å²) in [6.45, 7) is 0. The standard InChI is InChI=1S/C14H21N5/c1-19(2)12-8-7-11-14(17-12)18-13(16-11)9-5-3-4-6-10(9)15/h7-10H,3-6,15H2,1-2H3,(H,16,17,18). The minimum absolute atomic E-state index is 0.225. The van der Waals surface area contributed by atoms with Crippen LogP contribution in [0.25, 0.3) is 11.2 Å². The summed E-state index contributed by atoms with van der Waals surface area (Å²) in [5, 5.41) is 0. The second kappa shape index (κ2) is 4.81. The first-order valence-electron chi connectivity index (χ1n) is 6.94. The summed E-state index contributed by atoms with van der Waals surface area (Å²) < 4.78 is 0. The van der Waals surface area contributed by atoms with Crippen molar-refractivity contribution in [1.29, 1.82) is 0 Å². The molecule has 1 fully saturated rings. The number of aromatic amines is 1. The van der Waals surface area contributed by atoms with Crippen LogP contribution in [0.4, 0.5) is 5.82 Å². The van der Waals surface area contributed by atoms with Crippen molar-refractivity contribution in [3.05, 3.63) is 18.0 Å². The molecule has 0 saturated heterocycles. The van der Waals surface area contributed by atoms with E-state index < -0.39 is 0 Å². The number of nitrogens with two attached hydrogens (primary N) is 1. The van der Waals surface area contributed by atoms with Crippen molar-refractivity contribution in [2.24, 2.45) is 5.73 Å². The fraction of sp³-hybridized carbons (Fsp3) is 0.571. The number of H-pyrrole nitrogens is 1. The molecule has 19 heavy (non-hydrogen) atoms. The van der Waals surface area contributed by atoms with Gasteiger partial charge in [-0.25, -0.2) is 9.97 Å². The normalized spacial score (nSPS) is 23.7. The van der Waals surface area contributed by atoms with Gasteiger partial charge in [0.25, 0.3) is 0 Å². The average Bonchev–Trinajstić information content (AvgIpc) is 2.81. The lowest BCUT2D eigenvalue weighted by Gasteiger charge is -2.26. The Hall–Kier alpha value is -1.62. The van der Waals surface area contributed by atoms with Crippen molar-refractivity contribution in [2.45, 2.75) is 37.6 Å². The highest BCUT2D eigenvalue weighted by Crippen LogP contribution is 2.31. The Morgan fingerprint density at radius 1 is 1.21 bits per heavy atom. The fourth-order valence-corrected chi connectivity index (χ4v) is 2.82. The Kier molecular flexibility index (Phi) is 3.14. The molecule has 2 heterocycles. The van der Waals surface area contributed by atoms with Gasteiger partial charge in [0.05, 0.1) is 5.52 Å². The molecule has 5 nitrogen and oxygen atoms in total. The fourth-order valence-electron chi connectivity index (χ4n) is 2.82. The van der Waals surface area contributed by atoms with Gasteiger partial charge in [0.15, 0.2) is 5.65 Å². The van der Waals surface area contributed by atoms with Crippen LogP contribution in [0.5, 0.6) is 0 Å². The number of pyridine rings is 1. The van der Waals surface area contributed by atoms with Gasteiger partial charge in [0.1, 0.15) is 11.6 Å². The minimum Gasteiger partial charge on any atom is -0.363 e. The van der Waals surface area contributed by atoms with Crippen LogP contribution in [-0.4, -0.2) is 35.1 Å². The van der Waals surface area contributed by atoms with E-state index >= 15 is 0 Å². The van der Waals surface area contributed by atoms with Gasteiger partial charge in [-0.05, 0) is 25.0 Å². The lowest BCUT2D eigenvalue weighted by Crippen LogP contribution is -2.31. The quantitative estimate of drug-likeness (QED) is 0.865. The highest BCUT2D eigenvalue weighted by molar-refractivity contribution is 5.73. The summed E-state index contributed by atoms with van der Waals surface area (Å²) in [7, 11) is 3.97. The summed E-state index contributed by atoms with van der Waals surface area (Å²) in [4.78, 5) is 14.6. The number of anilines is 1. The first-order chi connectivity index (χ1) is 9.15. The monoisotopic (exact) mass is 259 g/mol. The largest absolute Gasteiger partial charge is 0.363 e. The topological polar surface area (TPSA) is 70.8 Å². The Bertz CT molecular complexity index is 574. The number of hydrogen-bond acceptors (Lipinski definition) is 4. The number of fused-ring (bicyclic) bond motifs is 1. The number of aromatic nitrogens is 3. The van der Waals surface area contributed by atoms with Gasteiger partial charge in [-0.1, -0.05) is 12.8 Å². The second-order valence-corrected chi connectivity index (χ2v) is 5.61.